The Morgan fingerprint density at radius 1 is 1.50 bits per heavy atom. The highest BCUT2D eigenvalue weighted by molar-refractivity contribution is 14.1. The van der Waals surface area contributed by atoms with Gasteiger partial charge in [-0.25, -0.2) is 7.74 Å². The quantitative estimate of drug-likeness (QED) is 0.246. The lowest BCUT2D eigenvalue weighted by molar-refractivity contribution is -0.211. The van der Waals surface area contributed by atoms with Gasteiger partial charge in [0.2, 0.25) is 0 Å². The van der Waals surface area contributed by atoms with Gasteiger partial charge in [-0.15, -0.1) is 0 Å². The second-order valence-corrected chi connectivity index (χ2v) is 3.65. The first kappa shape index (κ1) is 11.0. The molecule has 0 spiro atoms. The molecule has 0 aromatic carbocycles. The molecule has 0 rings (SSSR count). The molecule has 62 valence electrons. The summed E-state index contributed by atoms with van der Waals surface area (Å²) in [5, 5.41) is 0. The van der Waals surface area contributed by atoms with Gasteiger partial charge in [0.05, 0.1) is 6.61 Å². The van der Waals surface area contributed by atoms with Gasteiger partial charge in [-0.1, -0.05) is 6.92 Å². The fraction of sp³-hybridized carbons (Fsp3) is 1.00. The van der Waals surface area contributed by atoms with E-state index in [0.29, 0.717) is 6.61 Å². The molecule has 0 fully saturated rings. The topological polar surface area (TPSA) is 36.9 Å². The summed E-state index contributed by atoms with van der Waals surface area (Å²) in [5.74, 6) is 0. The zero-order valence-corrected chi connectivity index (χ0v) is 8.92. The van der Waals surface area contributed by atoms with Crippen molar-refractivity contribution >= 4 is 31.6 Å². The molecule has 0 saturated heterocycles. The van der Waals surface area contributed by atoms with Crippen LogP contribution in [-0.2, 0) is 16.9 Å². The highest BCUT2D eigenvalue weighted by Crippen LogP contribution is 2.40. The first-order chi connectivity index (χ1) is 4.85. The Labute approximate surface area is 75.8 Å². The molecule has 1 unspecified atom stereocenters. The summed E-state index contributed by atoms with van der Waals surface area (Å²) < 4.78 is 14.1. The lowest BCUT2D eigenvalue weighted by Gasteiger charge is -2.07. The summed E-state index contributed by atoms with van der Waals surface area (Å²) in [6, 6.07) is 0. The van der Waals surface area contributed by atoms with Gasteiger partial charge >= 0.3 is 8.60 Å². The monoisotopic (exact) mass is 280 g/mol. The second kappa shape index (κ2) is 8.10. The Hall–Kier alpha value is 1.00. The molecule has 0 amide bonds. The summed E-state index contributed by atoms with van der Waals surface area (Å²) in [7, 11) is 0.196. The molecule has 6 heteroatoms. The van der Waals surface area contributed by atoms with Crippen molar-refractivity contribution in [1.82, 2.24) is 0 Å². The molecular formula is C4H10IO4P. The van der Waals surface area contributed by atoms with Crippen LogP contribution in [0.25, 0.3) is 0 Å². The summed E-state index contributed by atoms with van der Waals surface area (Å²) in [4.78, 5) is 4.70. The van der Waals surface area contributed by atoms with E-state index in [1.807, 2.05) is 6.92 Å². The van der Waals surface area contributed by atoms with Crippen molar-refractivity contribution in [3.63, 3.8) is 0 Å². The van der Waals surface area contributed by atoms with Crippen LogP contribution < -0.4 is 0 Å². The normalized spacial score (nSPS) is 13.5. The van der Waals surface area contributed by atoms with Crippen LogP contribution in [-0.4, -0.2) is 13.7 Å². The van der Waals surface area contributed by atoms with Crippen LogP contribution in [0.2, 0.25) is 0 Å². The third-order valence-electron chi connectivity index (χ3n) is 0.606. The maximum Gasteiger partial charge on any atom is 0.372 e. The summed E-state index contributed by atoms with van der Waals surface area (Å²) in [5.41, 5.74) is 0. The maximum absolute atomic E-state index is 4.73. The molecule has 0 aromatic heterocycles. The lowest BCUT2D eigenvalue weighted by atomic mass is 10.5. The molecular weight excluding hydrogens is 270 g/mol. The van der Waals surface area contributed by atoms with E-state index in [1.165, 1.54) is 7.11 Å². The Morgan fingerprint density at radius 2 is 2.20 bits per heavy atom. The van der Waals surface area contributed by atoms with E-state index in [1.54, 1.807) is 23.0 Å². The SMILES string of the molecule is CCCOOP(OC)OI. The number of hydrogen-bond donors (Lipinski definition) is 0. The first-order valence-electron chi connectivity index (χ1n) is 2.77. The Balaban J connectivity index is 3.09. The van der Waals surface area contributed by atoms with Crippen molar-refractivity contribution in [2.75, 3.05) is 13.7 Å². The van der Waals surface area contributed by atoms with Gasteiger partial charge in [-0.3, -0.25) is 0 Å². The van der Waals surface area contributed by atoms with Crippen LogP contribution in [0.5, 0.6) is 0 Å². The van der Waals surface area contributed by atoms with E-state index < -0.39 is 8.60 Å². The molecule has 0 aliphatic rings. The lowest BCUT2D eigenvalue weighted by Crippen LogP contribution is -1.92. The van der Waals surface area contributed by atoms with Gasteiger partial charge in [0, 0.05) is 7.11 Å². The van der Waals surface area contributed by atoms with Crippen LogP contribution in [0.1, 0.15) is 13.3 Å². The van der Waals surface area contributed by atoms with Crippen molar-refractivity contribution in [3.05, 3.63) is 0 Å². The highest BCUT2D eigenvalue weighted by atomic mass is 127. The minimum absolute atomic E-state index is 0.558. The van der Waals surface area contributed by atoms with E-state index in [0.717, 1.165) is 6.42 Å². The Morgan fingerprint density at radius 3 is 2.60 bits per heavy atom. The molecule has 10 heavy (non-hydrogen) atoms. The standard InChI is InChI=1S/C4H10IO4P/c1-3-4-7-9-10(6-2)8-5/h3-4H2,1-2H3. The third kappa shape index (κ3) is 5.76. The molecule has 4 nitrogen and oxygen atoms in total. The summed E-state index contributed by atoms with van der Waals surface area (Å²) >= 11 is 1.70. The zero-order valence-electron chi connectivity index (χ0n) is 5.87. The van der Waals surface area contributed by atoms with Gasteiger partial charge in [-0.05, 0) is 6.42 Å². The zero-order chi connectivity index (χ0) is 7.82. The van der Waals surface area contributed by atoms with E-state index in [9.17, 15) is 0 Å². The van der Waals surface area contributed by atoms with E-state index in [4.69, 9.17) is 16.9 Å². The van der Waals surface area contributed by atoms with Crippen molar-refractivity contribution in [1.29, 1.82) is 0 Å². The number of rotatable bonds is 6. The minimum Gasteiger partial charge on any atom is -0.314 e. The first-order valence-corrected chi connectivity index (χ1v) is 4.75. The highest BCUT2D eigenvalue weighted by Gasteiger charge is 2.08. The summed E-state index contributed by atoms with van der Waals surface area (Å²) in [6.07, 6.45) is 0.911. The molecule has 1 atom stereocenters. The molecule has 0 radical (unpaired) electrons. The molecule has 0 aliphatic heterocycles. The summed E-state index contributed by atoms with van der Waals surface area (Å²) in [6.45, 7) is 2.55. The fourth-order valence-corrected chi connectivity index (χ4v) is 1.21. The fourth-order valence-electron chi connectivity index (χ4n) is 0.234. The van der Waals surface area contributed by atoms with E-state index in [2.05, 4.69) is 0 Å². The molecule has 0 saturated carbocycles. The van der Waals surface area contributed by atoms with Gasteiger partial charge in [0.15, 0.2) is 0 Å². The minimum atomic E-state index is -1.30. The van der Waals surface area contributed by atoms with Crippen molar-refractivity contribution in [2.24, 2.45) is 0 Å². The van der Waals surface area contributed by atoms with Crippen LogP contribution in [0.4, 0.5) is 0 Å². The molecule has 0 aromatic rings. The van der Waals surface area contributed by atoms with E-state index in [-0.39, 0.29) is 0 Å². The number of halogens is 1. The third-order valence-corrected chi connectivity index (χ3v) is 2.21. The predicted octanol–water partition coefficient (Wildman–Crippen LogP) is 2.58. The Bertz CT molecular complexity index is 70.3. The van der Waals surface area contributed by atoms with Crippen LogP contribution in [0, 0.1) is 0 Å². The van der Waals surface area contributed by atoms with Crippen molar-refractivity contribution < 1.29 is 16.9 Å². The molecule has 0 aliphatic carbocycles. The average molecular weight is 280 g/mol. The van der Waals surface area contributed by atoms with Crippen LogP contribution >= 0.6 is 31.6 Å². The van der Waals surface area contributed by atoms with Gasteiger partial charge < -0.3 is 4.52 Å². The number of hydrogen-bond acceptors (Lipinski definition) is 4. The van der Waals surface area contributed by atoms with Crippen molar-refractivity contribution in [3.8, 4) is 0 Å². The molecule has 0 bridgehead atoms. The largest absolute Gasteiger partial charge is 0.372 e. The molecule has 0 heterocycles. The smallest absolute Gasteiger partial charge is 0.314 e. The van der Waals surface area contributed by atoms with Gasteiger partial charge in [0.25, 0.3) is 0 Å². The van der Waals surface area contributed by atoms with E-state index >= 15 is 0 Å². The maximum atomic E-state index is 4.73. The molecule has 0 N–H and O–H groups in total. The second-order valence-electron chi connectivity index (χ2n) is 1.37. The van der Waals surface area contributed by atoms with Crippen LogP contribution in [0.15, 0.2) is 0 Å². The van der Waals surface area contributed by atoms with Gasteiger partial charge in [-0.2, -0.15) is 4.67 Å². The van der Waals surface area contributed by atoms with Crippen LogP contribution in [0.3, 0.4) is 0 Å². The van der Waals surface area contributed by atoms with Gasteiger partial charge in [0.1, 0.15) is 23.0 Å². The van der Waals surface area contributed by atoms with Crippen molar-refractivity contribution in [2.45, 2.75) is 13.3 Å². The average Bonchev–Trinajstić information content (AvgIpc) is 1.99. The predicted molar refractivity (Wildman–Crippen MR) is 46.4 cm³/mol. The Kier molecular flexibility index (Phi) is 8.91.